The molecule has 0 fully saturated rings. The van der Waals surface area contributed by atoms with Crippen LogP contribution in [-0.4, -0.2) is 26.2 Å². The Balaban J connectivity index is 3.00. The van der Waals surface area contributed by atoms with E-state index in [2.05, 4.69) is 0 Å². The Labute approximate surface area is 102 Å². The Bertz CT molecular complexity index is 390. The highest BCUT2D eigenvalue weighted by atomic mass is 16.5. The van der Waals surface area contributed by atoms with Gasteiger partial charge >= 0.3 is 5.97 Å². The molecule has 2 N–H and O–H groups in total. The van der Waals surface area contributed by atoms with Crippen LogP contribution in [0.15, 0.2) is 18.2 Å². The molecule has 0 bridgehead atoms. The maximum Gasteiger partial charge on any atom is 0.314 e. The van der Waals surface area contributed by atoms with Crippen LogP contribution in [0.3, 0.4) is 0 Å². The van der Waals surface area contributed by atoms with Crippen molar-refractivity contribution in [1.29, 1.82) is 0 Å². The molecule has 0 heterocycles. The summed E-state index contributed by atoms with van der Waals surface area (Å²) < 4.78 is 10.1. The van der Waals surface area contributed by atoms with Crippen LogP contribution in [0.5, 0.6) is 5.75 Å². The van der Waals surface area contributed by atoms with Gasteiger partial charge in [0, 0.05) is 6.54 Å². The van der Waals surface area contributed by atoms with Crippen molar-refractivity contribution < 1.29 is 14.3 Å². The standard InChI is InChI=1S/C13H19NO3/c1-4-17-10-5-6-11(9(2)7-10)12(8-14)13(15)16-3/h5-7,12H,4,8,14H2,1-3H3. The van der Waals surface area contributed by atoms with Crippen LogP contribution < -0.4 is 10.5 Å². The highest BCUT2D eigenvalue weighted by molar-refractivity contribution is 5.79. The van der Waals surface area contributed by atoms with Crippen molar-refractivity contribution in [3.63, 3.8) is 0 Å². The number of rotatable bonds is 5. The fourth-order valence-corrected chi connectivity index (χ4v) is 1.79. The van der Waals surface area contributed by atoms with Gasteiger partial charge in [-0.25, -0.2) is 0 Å². The molecule has 0 saturated carbocycles. The van der Waals surface area contributed by atoms with Crippen molar-refractivity contribution >= 4 is 5.97 Å². The van der Waals surface area contributed by atoms with Gasteiger partial charge in [-0.15, -0.1) is 0 Å². The molecular weight excluding hydrogens is 218 g/mol. The molecule has 4 heteroatoms. The molecule has 0 radical (unpaired) electrons. The SMILES string of the molecule is CCOc1ccc(C(CN)C(=O)OC)c(C)c1. The van der Waals surface area contributed by atoms with E-state index in [0.29, 0.717) is 6.61 Å². The van der Waals surface area contributed by atoms with E-state index in [1.54, 1.807) is 0 Å². The predicted molar refractivity (Wildman–Crippen MR) is 66.2 cm³/mol. The number of hydrogen-bond donors (Lipinski definition) is 1. The molecule has 1 unspecified atom stereocenters. The zero-order chi connectivity index (χ0) is 12.8. The van der Waals surface area contributed by atoms with Gasteiger partial charge in [0.1, 0.15) is 5.75 Å². The van der Waals surface area contributed by atoms with E-state index in [4.69, 9.17) is 15.2 Å². The second kappa shape index (κ2) is 6.25. The maximum absolute atomic E-state index is 11.6. The van der Waals surface area contributed by atoms with Crippen molar-refractivity contribution in [2.75, 3.05) is 20.3 Å². The van der Waals surface area contributed by atoms with E-state index in [0.717, 1.165) is 16.9 Å². The number of carbonyl (C=O) groups is 1. The fourth-order valence-electron chi connectivity index (χ4n) is 1.79. The van der Waals surface area contributed by atoms with Crippen molar-refractivity contribution in [3.05, 3.63) is 29.3 Å². The van der Waals surface area contributed by atoms with Gasteiger partial charge in [0.2, 0.25) is 0 Å². The highest BCUT2D eigenvalue weighted by Gasteiger charge is 2.21. The predicted octanol–water partition coefficient (Wildman–Crippen LogP) is 1.61. The normalized spacial score (nSPS) is 12.0. The van der Waals surface area contributed by atoms with Gasteiger partial charge in [-0.3, -0.25) is 4.79 Å². The van der Waals surface area contributed by atoms with Crippen LogP contribution in [-0.2, 0) is 9.53 Å². The van der Waals surface area contributed by atoms with E-state index >= 15 is 0 Å². The van der Waals surface area contributed by atoms with Crippen molar-refractivity contribution in [2.45, 2.75) is 19.8 Å². The molecule has 1 aromatic rings. The number of nitrogens with two attached hydrogens (primary N) is 1. The third-order valence-electron chi connectivity index (χ3n) is 2.65. The molecule has 0 aliphatic rings. The number of esters is 1. The van der Waals surface area contributed by atoms with Gasteiger partial charge < -0.3 is 15.2 Å². The lowest BCUT2D eigenvalue weighted by Crippen LogP contribution is -2.23. The van der Waals surface area contributed by atoms with Gasteiger partial charge in [-0.1, -0.05) is 6.07 Å². The van der Waals surface area contributed by atoms with Crippen LogP contribution in [0.25, 0.3) is 0 Å². The maximum atomic E-state index is 11.6. The first-order valence-corrected chi connectivity index (χ1v) is 5.65. The molecule has 17 heavy (non-hydrogen) atoms. The largest absolute Gasteiger partial charge is 0.494 e. The molecule has 94 valence electrons. The molecule has 1 aromatic carbocycles. The Hall–Kier alpha value is -1.55. The molecule has 0 aromatic heterocycles. The Morgan fingerprint density at radius 3 is 2.65 bits per heavy atom. The molecule has 0 aliphatic heterocycles. The van der Waals surface area contributed by atoms with Gasteiger partial charge in [-0.2, -0.15) is 0 Å². The number of ether oxygens (including phenoxy) is 2. The lowest BCUT2D eigenvalue weighted by Gasteiger charge is -2.16. The summed E-state index contributed by atoms with van der Waals surface area (Å²) in [4.78, 5) is 11.6. The number of methoxy groups -OCH3 is 1. The zero-order valence-corrected chi connectivity index (χ0v) is 10.5. The van der Waals surface area contributed by atoms with E-state index < -0.39 is 5.92 Å². The quantitative estimate of drug-likeness (QED) is 0.790. The summed E-state index contributed by atoms with van der Waals surface area (Å²) in [5, 5.41) is 0. The second-order valence-electron chi connectivity index (χ2n) is 3.76. The van der Waals surface area contributed by atoms with Gasteiger partial charge in [0.05, 0.1) is 19.6 Å². The van der Waals surface area contributed by atoms with Crippen LogP contribution >= 0.6 is 0 Å². The minimum atomic E-state index is -0.407. The summed E-state index contributed by atoms with van der Waals surface area (Å²) in [7, 11) is 1.37. The first-order valence-electron chi connectivity index (χ1n) is 5.65. The molecule has 0 aliphatic carbocycles. The number of carbonyl (C=O) groups excluding carboxylic acids is 1. The van der Waals surface area contributed by atoms with Crippen molar-refractivity contribution in [2.24, 2.45) is 5.73 Å². The average Bonchev–Trinajstić information content (AvgIpc) is 2.32. The Kier molecular flexibility index (Phi) is 4.97. The molecule has 0 amide bonds. The first kappa shape index (κ1) is 13.5. The van der Waals surface area contributed by atoms with E-state index in [1.807, 2.05) is 32.0 Å². The van der Waals surface area contributed by atoms with Gasteiger partial charge in [0.15, 0.2) is 0 Å². The van der Waals surface area contributed by atoms with Crippen LogP contribution in [0, 0.1) is 6.92 Å². The van der Waals surface area contributed by atoms with Crippen LogP contribution in [0.4, 0.5) is 0 Å². The summed E-state index contributed by atoms with van der Waals surface area (Å²) in [5.74, 6) is 0.0878. The third-order valence-corrected chi connectivity index (χ3v) is 2.65. The number of hydrogen-bond acceptors (Lipinski definition) is 4. The van der Waals surface area contributed by atoms with Gasteiger partial charge in [0.25, 0.3) is 0 Å². The van der Waals surface area contributed by atoms with Crippen LogP contribution in [0.2, 0.25) is 0 Å². The lowest BCUT2D eigenvalue weighted by atomic mass is 9.95. The van der Waals surface area contributed by atoms with E-state index in [9.17, 15) is 4.79 Å². The molecule has 1 rings (SSSR count). The summed E-state index contributed by atoms with van der Waals surface area (Å²) in [6.07, 6.45) is 0. The third kappa shape index (κ3) is 3.20. The zero-order valence-electron chi connectivity index (χ0n) is 10.5. The lowest BCUT2D eigenvalue weighted by molar-refractivity contribution is -0.142. The Morgan fingerprint density at radius 2 is 2.18 bits per heavy atom. The smallest absolute Gasteiger partial charge is 0.314 e. The molecule has 0 saturated heterocycles. The van der Waals surface area contributed by atoms with E-state index in [1.165, 1.54) is 7.11 Å². The summed E-state index contributed by atoms with van der Waals surface area (Å²) in [6.45, 7) is 4.72. The monoisotopic (exact) mass is 237 g/mol. The van der Waals surface area contributed by atoms with Crippen molar-refractivity contribution in [1.82, 2.24) is 0 Å². The fraction of sp³-hybridized carbons (Fsp3) is 0.462. The number of benzene rings is 1. The number of aryl methyl sites for hydroxylation is 1. The molecular formula is C13H19NO3. The molecule has 4 nitrogen and oxygen atoms in total. The van der Waals surface area contributed by atoms with Crippen molar-refractivity contribution in [3.8, 4) is 5.75 Å². The minimum absolute atomic E-state index is 0.238. The summed E-state index contributed by atoms with van der Waals surface area (Å²) in [6, 6.07) is 5.62. The van der Waals surface area contributed by atoms with Crippen LogP contribution in [0.1, 0.15) is 24.0 Å². The van der Waals surface area contributed by atoms with E-state index in [-0.39, 0.29) is 12.5 Å². The average molecular weight is 237 g/mol. The topological polar surface area (TPSA) is 61.5 Å². The molecule has 0 spiro atoms. The second-order valence-corrected chi connectivity index (χ2v) is 3.76. The first-order chi connectivity index (χ1) is 8.13. The van der Waals surface area contributed by atoms with Gasteiger partial charge in [-0.05, 0) is 37.1 Å². The summed E-state index contributed by atoms with van der Waals surface area (Å²) >= 11 is 0. The minimum Gasteiger partial charge on any atom is -0.494 e. The Morgan fingerprint density at radius 1 is 1.47 bits per heavy atom. The molecule has 1 atom stereocenters. The highest BCUT2D eigenvalue weighted by Crippen LogP contribution is 2.24. The summed E-state index contributed by atoms with van der Waals surface area (Å²) in [5.41, 5.74) is 7.49.